The second-order valence-corrected chi connectivity index (χ2v) is 30.2. The third kappa shape index (κ3) is 80.2. The van der Waals surface area contributed by atoms with E-state index in [4.69, 9.17) is 37.0 Å². The van der Waals surface area contributed by atoms with Crippen molar-refractivity contribution in [3.8, 4) is 0 Å². The molecule has 0 saturated carbocycles. The van der Waals surface area contributed by atoms with Crippen LogP contribution in [0.2, 0.25) is 0 Å². The molecule has 0 aromatic carbocycles. The molecule has 19 heteroatoms. The van der Waals surface area contributed by atoms with Crippen molar-refractivity contribution in [1.29, 1.82) is 0 Å². The Balaban J connectivity index is 5.52. The molecule has 3 N–H and O–H groups in total. The number of allylic oxidation sites excluding steroid dienone is 30. The molecule has 0 aliphatic rings. The summed E-state index contributed by atoms with van der Waals surface area (Å²) in [5.41, 5.74) is 0. The Hall–Kier alpha value is -5.84. The van der Waals surface area contributed by atoms with E-state index in [9.17, 15) is 43.2 Å². The number of hydrogen-bond donors (Lipinski definition) is 3. The van der Waals surface area contributed by atoms with Crippen molar-refractivity contribution in [1.82, 2.24) is 0 Å². The van der Waals surface area contributed by atoms with Crippen molar-refractivity contribution in [3.63, 3.8) is 0 Å². The first-order chi connectivity index (χ1) is 53.7. The van der Waals surface area contributed by atoms with Gasteiger partial charge in [-0.1, -0.05) is 332 Å². The summed E-state index contributed by atoms with van der Waals surface area (Å²) in [5.74, 6) is -2.39. The number of carbonyl (C=O) groups excluding carboxylic acids is 4. The standard InChI is InChI=1S/C91H148O17P2/c1-5-9-13-17-21-25-29-33-37-40-42-45-48-51-55-59-63-67-71-75-88(93)101-81-86(107-90(95)77-73-69-65-61-57-53-47-36-32-28-24-20-16-12-8-4)83-105-109(97,98)103-79-85(92)80-104-110(99,100)106-84-87(108-91(96)78-74-70-66-62-58-54-50-44-39-35-31-27-23-19-15-11-7-3)82-102-89(94)76-72-68-64-60-56-52-49-46-43-41-38-34-30-26-22-18-14-10-6-2/h9-11,13-15,21-23,25-27,33-35,37-39,42-43,45-46,51-52,55-56,63-64,67-68,85-87,92H,5-8,12,16-20,24,28-32,36,40-41,44,47-50,53-54,57-62,65-66,69-84H2,1-4H3,(H,97,98)(H,99,100)/b13-9-,14-10-,15-11-,25-21-,26-22-,27-23-,37-33-,38-34-,39-35-,45-42-,46-43-,55-51-,56-52-,67-63-,68-64-. The summed E-state index contributed by atoms with van der Waals surface area (Å²) in [7, 11) is -10.0. The Bertz CT molecular complexity index is 2800. The van der Waals surface area contributed by atoms with Crippen LogP contribution in [0.3, 0.4) is 0 Å². The number of unbranched alkanes of at least 4 members (excludes halogenated alkanes) is 21. The minimum absolute atomic E-state index is 0.0265. The summed E-state index contributed by atoms with van der Waals surface area (Å²) < 4.78 is 68.6. The molecule has 5 atom stereocenters. The molecule has 0 aromatic heterocycles. The van der Waals surface area contributed by atoms with E-state index in [0.717, 1.165) is 154 Å². The lowest BCUT2D eigenvalue weighted by molar-refractivity contribution is -0.161. The fourth-order valence-corrected chi connectivity index (χ4v) is 12.2. The minimum Gasteiger partial charge on any atom is -0.462 e. The highest BCUT2D eigenvalue weighted by Crippen LogP contribution is 2.45. The first-order valence-electron chi connectivity index (χ1n) is 42.0. The molecule has 0 aliphatic heterocycles. The van der Waals surface area contributed by atoms with Crippen LogP contribution < -0.4 is 0 Å². The number of esters is 4. The van der Waals surface area contributed by atoms with Crippen molar-refractivity contribution in [2.75, 3.05) is 39.6 Å². The van der Waals surface area contributed by atoms with E-state index in [1.165, 1.54) is 64.2 Å². The van der Waals surface area contributed by atoms with Crippen LogP contribution in [0.5, 0.6) is 0 Å². The van der Waals surface area contributed by atoms with Crippen LogP contribution >= 0.6 is 15.6 Å². The van der Waals surface area contributed by atoms with Gasteiger partial charge in [0.15, 0.2) is 12.2 Å². The number of aliphatic hydroxyl groups is 1. The SMILES string of the molecule is CC/C=C\C/C=C\C/C=C\C/C=C\C/C=C\C/C=C\CCC(=O)OCC(COP(=O)(O)OCC(O)COP(=O)(O)OCC(COC(=O)CC/C=C\C/C=C\C/C=C\C/C=C\C/C=C\C/C=C\CC)OC(=O)CCCCCCCCCCCCCCCCC)OC(=O)CCCCCCCCC/C=C\C/C=C\C/C=C\CC. The van der Waals surface area contributed by atoms with E-state index in [2.05, 4.69) is 174 Å². The zero-order chi connectivity index (χ0) is 80.3. The lowest BCUT2D eigenvalue weighted by atomic mass is 10.0. The molecule has 5 unspecified atom stereocenters. The zero-order valence-electron chi connectivity index (χ0n) is 68.4. The van der Waals surface area contributed by atoms with E-state index in [0.29, 0.717) is 38.5 Å². The van der Waals surface area contributed by atoms with Crippen molar-refractivity contribution in [3.05, 3.63) is 182 Å². The molecule has 0 amide bonds. The fourth-order valence-electron chi connectivity index (χ4n) is 10.6. The van der Waals surface area contributed by atoms with Gasteiger partial charge in [0.2, 0.25) is 0 Å². The number of phosphoric ester groups is 2. The van der Waals surface area contributed by atoms with Crippen LogP contribution in [0.1, 0.15) is 310 Å². The molecule has 0 aliphatic carbocycles. The van der Waals surface area contributed by atoms with Gasteiger partial charge in [-0.25, -0.2) is 9.13 Å². The lowest BCUT2D eigenvalue weighted by Gasteiger charge is -2.21. The third-order valence-corrected chi connectivity index (χ3v) is 18.8. The van der Waals surface area contributed by atoms with Gasteiger partial charge in [-0.05, 0) is 135 Å². The molecule has 0 bridgehead atoms. The van der Waals surface area contributed by atoms with Crippen LogP contribution in [-0.4, -0.2) is 96.7 Å². The molecule has 110 heavy (non-hydrogen) atoms. The number of carbonyl (C=O) groups is 4. The summed E-state index contributed by atoms with van der Waals surface area (Å²) in [6, 6.07) is 0. The van der Waals surface area contributed by atoms with Gasteiger partial charge in [0.25, 0.3) is 0 Å². The fraction of sp³-hybridized carbons (Fsp3) is 0.626. The molecule has 0 saturated heterocycles. The topological polar surface area (TPSA) is 237 Å². The maximum absolute atomic E-state index is 13.1. The molecule has 0 rings (SSSR count). The average Bonchev–Trinajstić information content (AvgIpc) is 0.906. The lowest BCUT2D eigenvalue weighted by Crippen LogP contribution is -2.30. The van der Waals surface area contributed by atoms with E-state index in [1.54, 1.807) is 0 Å². The van der Waals surface area contributed by atoms with Gasteiger partial charge >= 0.3 is 39.5 Å². The molecule has 0 radical (unpaired) electrons. The first-order valence-corrected chi connectivity index (χ1v) is 45.0. The molecular formula is C91H148O17P2. The predicted octanol–water partition coefficient (Wildman–Crippen LogP) is 25.1. The van der Waals surface area contributed by atoms with Crippen molar-refractivity contribution in [2.45, 2.75) is 329 Å². The summed E-state index contributed by atoms with van der Waals surface area (Å²) in [6.07, 6.45) is 98.9. The Labute approximate surface area is 666 Å². The van der Waals surface area contributed by atoms with Crippen molar-refractivity contribution >= 4 is 39.5 Å². The van der Waals surface area contributed by atoms with Gasteiger partial charge in [0.1, 0.15) is 19.3 Å². The Kier molecular flexibility index (Phi) is 76.9. The second kappa shape index (κ2) is 81.2. The third-order valence-electron chi connectivity index (χ3n) is 16.9. The summed E-state index contributed by atoms with van der Waals surface area (Å²) in [4.78, 5) is 73.2. The van der Waals surface area contributed by atoms with Gasteiger partial charge in [-0.2, -0.15) is 0 Å². The molecule has 0 fully saturated rings. The van der Waals surface area contributed by atoms with E-state index >= 15 is 0 Å². The first kappa shape index (κ1) is 104. The normalized spacial score (nSPS) is 14.7. The zero-order valence-corrected chi connectivity index (χ0v) is 70.1. The Morgan fingerprint density at radius 2 is 0.491 bits per heavy atom. The molecule has 17 nitrogen and oxygen atoms in total. The van der Waals surface area contributed by atoms with Crippen LogP contribution in [-0.2, 0) is 65.4 Å². The summed E-state index contributed by atoms with van der Waals surface area (Å²) in [5, 5.41) is 10.7. The van der Waals surface area contributed by atoms with Crippen LogP contribution in [0, 0.1) is 0 Å². The monoisotopic (exact) mass is 1580 g/mol. The van der Waals surface area contributed by atoms with Gasteiger partial charge in [0.05, 0.1) is 26.4 Å². The maximum Gasteiger partial charge on any atom is 0.472 e. The molecular weight excluding hydrogens is 1430 g/mol. The summed E-state index contributed by atoms with van der Waals surface area (Å²) in [6.45, 7) is 4.37. The van der Waals surface area contributed by atoms with Gasteiger partial charge in [-0.3, -0.25) is 37.3 Å². The van der Waals surface area contributed by atoms with Gasteiger partial charge < -0.3 is 33.8 Å². The van der Waals surface area contributed by atoms with Crippen molar-refractivity contribution in [2.24, 2.45) is 0 Å². The van der Waals surface area contributed by atoms with E-state index in [-0.39, 0.29) is 25.7 Å². The number of phosphoric acid groups is 2. The largest absolute Gasteiger partial charge is 0.472 e. The number of aliphatic hydroxyl groups excluding tert-OH is 1. The number of hydrogen-bond acceptors (Lipinski definition) is 15. The average molecular weight is 1580 g/mol. The van der Waals surface area contributed by atoms with E-state index in [1.807, 2.05) is 36.5 Å². The molecule has 0 heterocycles. The van der Waals surface area contributed by atoms with Gasteiger partial charge in [0, 0.05) is 25.7 Å². The van der Waals surface area contributed by atoms with Crippen LogP contribution in [0.25, 0.3) is 0 Å². The summed E-state index contributed by atoms with van der Waals surface area (Å²) >= 11 is 0. The van der Waals surface area contributed by atoms with Crippen LogP contribution in [0.4, 0.5) is 0 Å². The van der Waals surface area contributed by atoms with E-state index < -0.39 is 97.5 Å². The molecule has 624 valence electrons. The Morgan fingerprint density at radius 3 is 0.764 bits per heavy atom. The Morgan fingerprint density at radius 1 is 0.264 bits per heavy atom. The van der Waals surface area contributed by atoms with Gasteiger partial charge in [-0.15, -0.1) is 0 Å². The number of ether oxygens (including phenoxy) is 4. The quantitative estimate of drug-likeness (QED) is 0.0169. The van der Waals surface area contributed by atoms with Crippen molar-refractivity contribution < 1.29 is 80.2 Å². The highest BCUT2D eigenvalue weighted by Gasteiger charge is 2.30. The molecule has 0 aromatic rings. The van der Waals surface area contributed by atoms with Crippen LogP contribution in [0.15, 0.2) is 182 Å². The highest BCUT2D eigenvalue weighted by atomic mass is 31.2. The molecule has 0 spiro atoms. The minimum atomic E-state index is -5.01. The second-order valence-electron chi connectivity index (χ2n) is 27.3. The highest BCUT2D eigenvalue weighted by molar-refractivity contribution is 7.47. The maximum atomic E-state index is 13.1. The smallest absolute Gasteiger partial charge is 0.462 e. The number of rotatable bonds is 77. The predicted molar refractivity (Wildman–Crippen MR) is 454 cm³/mol.